The lowest BCUT2D eigenvalue weighted by Gasteiger charge is -2.13. The van der Waals surface area contributed by atoms with E-state index in [9.17, 15) is 9.59 Å². The van der Waals surface area contributed by atoms with E-state index in [1.54, 1.807) is 29.1 Å². The number of benzene rings is 1. The monoisotopic (exact) mass is 311 g/mol. The minimum Gasteiger partial charge on any atom is -0.320 e. The van der Waals surface area contributed by atoms with Gasteiger partial charge in [-0.15, -0.1) is 0 Å². The Bertz CT molecular complexity index is 701. The molecule has 1 aromatic heterocycles. The molecule has 0 spiro atoms. The van der Waals surface area contributed by atoms with Crippen LogP contribution in [0.1, 0.15) is 42.3 Å². The van der Waals surface area contributed by atoms with Crippen molar-refractivity contribution in [2.24, 2.45) is 0 Å². The first-order valence-corrected chi connectivity index (χ1v) is 7.95. The molecule has 0 bridgehead atoms. The molecule has 0 atom stereocenters. The highest BCUT2D eigenvalue weighted by molar-refractivity contribution is 5.93. The molecule has 4 heteroatoms. The lowest BCUT2D eigenvalue weighted by Crippen LogP contribution is -2.40. The number of ketones is 1. The molecule has 0 saturated heterocycles. The Labute approximate surface area is 137 Å². The van der Waals surface area contributed by atoms with E-state index < -0.39 is 0 Å². The normalized spacial score (nSPS) is 10.4. The summed E-state index contributed by atoms with van der Waals surface area (Å²) >= 11 is 0. The largest absolute Gasteiger partial charge is 0.320 e. The van der Waals surface area contributed by atoms with Crippen LogP contribution >= 0.6 is 0 Å². The van der Waals surface area contributed by atoms with Crippen LogP contribution in [0.4, 0.5) is 5.69 Å². The van der Waals surface area contributed by atoms with E-state index in [1.807, 2.05) is 18.2 Å². The number of nitrogens with one attached hydrogen (secondary N) is 1. The zero-order valence-electron chi connectivity index (χ0n) is 13.9. The molecule has 2 aromatic rings. The van der Waals surface area contributed by atoms with Gasteiger partial charge in [-0.05, 0) is 37.0 Å². The van der Waals surface area contributed by atoms with Gasteiger partial charge in [0.2, 0.25) is 6.54 Å². The molecule has 1 N–H and O–H groups in total. The van der Waals surface area contributed by atoms with Crippen LogP contribution in [0, 0.1) is 0 Å². The number of pyridine rings is 1. The highest BCUT2D eigenvalue weighted by atomic mass is 16.2. The van der Waals surface area contributed by atoms with Crippen molar-refractivity contribution in [1.29, 1.82) is 0 Å². The van der Waals surface area contributed by atoms with Crippen molar-refractivity contribution >= 4 is 17.4 Å². The molecule has 23 heavy (non-hydrogen) atoms. The van der Waals surface area contributed by atoms with Gasteiger partial charge in [0.25, 0.3) is 5.91 Å². The summed E-state index contributed by atoms with van der Waals surface area (Å²) in [6.45, 7) is 5.86. The van der Waals surface area contributed by atoms with Crippen molar-refractivity contribution < 1.29 is 14.2 Å². The van der Waals surface area contributed by atoms with Gasteiger partial charge in [-0.2, -0.15) is 4.57 Å². The number of rotatable bonds is 6. The van der Waals surface area contributed by atoms with E-state index in [0.717, 1.165) is 29.7 Å². The zero-order chi connectivity index (χ0) is 16.8. The molecule has 0 radical (unpaired) electrons. The molecule has 4 nitrogen and oxygen atoms in total. The third-order valence-corrected chi connectivity index (χ3v) is 3.85. The van der Waals surface area contributed by atoms with Gasteiger partial charge in [0.1, 0.15) is 0 Å². The van der Waals surface area contributed by atoms with E-state index in [0.29, 0.717) is 5.56 Å². The highest BCUT2D eigenvalue weighted by Gasteiger charge is 2.14. The first kappa shape index (κ1) is 16.9. The molecule has 0 aliphatic rings. The molecule has 1 aromatic carbocycles. The Kier molecular flexibility index (Phi) is 5.63. The third kappa shape index (κ3) is 4.25. The standard InChI is InChI=1S/C19H22N2O2/c1-4-15-8-6-9-16(5-2)19(15)20-18(23)13-21-11-7-10-17(12-21)14(3)22/h6-12H,4-5,13H2,1-3H3/p+1. The number of aromatic nitrogens is 1. The van der Waals surface area contributed by atoms with E-state index in [2.05, 4.69) is 19.2 Å². The Morgan fingerprint density at radius 2 is 1.70 bits per heavy atom. The van der Waals surface area contributed by atoms with E-state index in [4.69, 9.17) is 0 Å². The van der Waals surface area contributed by atoms with Crippen LogP contribution in [-0.2, 0) is 24.2 Å². The summed E-state index contributed by atoms with van der Waals surface area (Å²) in [5.74, 6) is -0.101. The summed E-state index contributed by atoms with van der Waals surface area (Å²) in [6.07, 6.45) is 5.24. The van der Waals surface area contributed by atoms with E-state index in [1.165, 1.54) is 6.92 Å². The fourth-order valence-corrected chi connectivity index (χ4v) is 2.58. The average Bonchev–Trinajstić information content (AvgIpc) is 2.55. The minimum absolute atomic E-state index is 0.00986. The van der Waals surface area contributed by atoms with Crippen LogP contribution in [0.15, 0.2) is 42.7 Å². The number of Topliss-reactive ketones (excluding diaryl/α,β-unsaturated/α-hetero) is 1. The lowest BCUT2D eigenvalue weighted by molar-refractivity contribution is -0.684. The van der Waals surface area contributed by atoms with Crippen molar-refractivity contribution in [2.75, 3.05) is 5.32 Å². The number of hydrogen-bond donors (Lipinski definition) is 1. The topological polar surface area (TPSA) is 50.1 Å². The maximum Gasteiger partial charge on any atom is 0.290 e. The van der Waals surface area contributed by atoms with Crippen LogP contribution in [0.3, 0.4) is 0 Å². The number of anilines is 1. The second-order valence-electron chi connectivity index (χ2n) is 5.53. The quantitative estimate of drug-likeness (QED) is 0.659. The molecule has 1 heterocycles. The third-order valence-electron chi connectivity index (χ3n) is 3.85. The highest BCUT2D eigenvalue weighted by Crippen LogP contribution is 2.22. The second-order valence-corrected chi connectivity index (χ2v) is 5.53. The van der Waals surface area contributed by atoms with Crippen LogP contribution < -0.4 is 9.88 Å². The summed E-state index contributed by atoms with van der Waals surface area (Å²) in [6, 6.07) is 9.63. The molecule has 0 saturated carbocycles. The van der Waals surface area contributed by atoms with Gasteiger partial charge < -0.3 is 5.32 Å². The molecule has 0 aliphatic heterocycles. The number of hydrogen-bond acceptors (Lipinski definition) is 2. The molecule has 0 fully saturated rings. The van der Waals surface area contributed by atoms with Crippen LogP contribution in [0.2, 0.25) is 0 Å². The van der Waals surface area contributed by atoms with Crippen molar-refractivity contribution in [2.45, 2.75) is 40.2 Å². The molecule has 1 amide bonds. The van der Waals surface area contributed by atoms with Gasteiger partial charge in [-0.25, -0.2) is 0 Å². The summed E-state index contributed by atoms with van der Waals surface area (Å²) < 4.78 is 1.73. The van der Waals surface area contributed by atoms with Crippen LogP contribution in [0.25, 0.3) is 0 Å². The minimum atomic E-state index is -0.0914. The molecule has 2 rings (SSSR count). The molecular formula is C19H23N2O2+. The Morgan fingerprint density at radius 3 is 2.26 bits per heavy atom. The Hall–Kier alpha value is -2.49. The maximum absolute atomic E-state index is 12.4. The summed E-state index contributed by atoms with van der Waals surface area (Å²) in [5.41, 5.74) is 3.80. The smallest absolute Gasteiger partial charge is 0.290 e. The first-order valence-electron chi connectivity index (χ1n) is 7.95. The summed E-state index contributed by atoms with van der Waals surface area (Å²) in [7, 11) is 0. The van der Waals surface area contributed by atoms with Gasteiger partial charge in [0.15, 0.2) is 18.2 Å². The number of carbonyl (C=O) groups excluding carboxylic acids is 2. The molecular weight excluding hydrogens is 288 g/mol. The van der Waals surface area contributed by atoms with Gasteiger partial charge >= 0.3 is 0 Å². The number of amides is 1. The first-order chi connectivity index (χ1) is 11.0. The fourth-order valence-electron chi connectivity index (χ4n) is 2.58. The second kappa shape index (κ2) is 7.68. The van der Waals surface area contributed by atoms with E-state index >= 15 is 0 Å². The SMILES string of the molecule is CCc1cccc(CC)c1NC(=O)C[n+]1cccc(C(C)=O)c1. The van der Waals surface area contributed by atoms with Crippen molar-refractivity contribution in [3.63, 3.8) is 0 Å². The van der Waals surface area contributed by atoms with E-state index in [-0.39, 0.29) is 18.2 Å². The van der Waals surface area contributed by atoms with Crippen molar-refractivity contribution in [1.82, 2.24) is 0 Å². The Morgan fingerprint density at radius 1 is 1.04 bits per heavy atom. The van der Waals surface area contributed by atoms with Gasteiger partial charge in [-0.3, -0.25) is 9.59 Å². The number of aryl methyl sites for hydroxylation is 2. The lowest BCUT2D eigenvalue weighted by atomic mass is 10.0. The predicted molar refractivity (Wildman–Crippen MR) is 90.5 cm³/mol. The summed E-state index contributed by atoms with van der Waals surface area (Å²) in [4.78, 5) is 23.8. The summed E-state index contributed by atoms with van der Waals surface area (Å²) in [5, 5.41) is 3.03. The molecule has 0 unspecified atom stereocenters. The van der Waals surface area contributed by atoms with Gasteiger partial charge in [-0.1, -0.05) is 32.0 Å². The van der Waals surface area contributed by atoms with Crippen LogP contribution in [-0.4, -0.2) is 11.7 Å². The average molecular weight is 311 g/mol. The van der Waals surface area contributed by atoms with Crippen molar-refractivity contribution in [3.8, 4) is 0 Å². The number of para-hydroxylation sites is 1. The zero-order valence-corrected chi connectivity index (χ0v) is 13.9. The van der Waals surface area contributed by atoms with Gasteiger partial charge in [0, 0.05) is 11.8 Å². The van der Waals surface area contributed by atoms with Crippen LogP contribution in [0.5, 0.6) is 0 Å². The predicted octanol–water partition coefficient (Wildman–Crippen LogP) is 2.94. The van der Waals surface area contributed by atoms with Gasteiger partial charge in [0.05, 0.1) is 5.56 Å². The molecule has 120 valence electrons. The number of carbonyl (C=O) groups is 2. The molecule has 0 aliphatic carbocycles. The number of nitrogens with zero attached hydrogens (tertiary/aromatic N) is 1. The Balaban J connectivity index is 2.17. The fraction of sp³-hybridized carbons (Fsp3) is 0.316. The van der Waals surface area contributed by atoms with Crippen molar-refractivity contribution in [3.05, 3.63) is 59.4 Å². The maximum atomic E-state index is 12.4.